The lowest BCUT2D eigenvalue weighted by molar-refractivity contribution is 0.913. The van der Waals surface area contributed by atoms with Gasteiger partial charge >= 0.3 is 0 Å². The number of rotatable bonds is 4. The topological polar surface area (TPSA) is 55.6 Å². The molecule has 5 nitrogen and oxygen atoms in total. The molecular formula is C15H15N5. The second-order valence-electron chi connectivity index (χ2n) is 4.51. The van der Waals surface area contributed by atoms with E-state index in [-0.39, 0.29) is 0 Å². The first-order valence-corrected chi connectivity index (χ1v) is 6.43. The summed E-state index contributed by atoms with van der Waals surface area (Å²) in [5.74, 6) is 1.45. The van der Waals surface area contributed by atoms with Gasteiger partial charge in [-0.2, -0.15) is 4.98 Å². The molecular weight excluding hydrogens is 250 g/mol. The smallest absolute Gasteiger partial charge is 0.236 e. The Labute approximate surface area is 117 Å². The van der Waals surface area contributed by atoms with Gasteiger partial charge in [0.05, 0.1) is 0 Å². The number of anilines is 1. The molecule has 100 valence electrons. The van der Waals surface area contributed by atoms with Crippen LogP contribution < -0.4 is 5.32 Å². The highest BCUT2D eigenvalue weighted by Gasteiger charge is 2.05. The summed E-state index contributed by atoms with van der Waals surface area (Å²) in [6.07, 6.45) is 7.03. The van der Waals surface area contributed by atoms with Crippen LogP contribution in [0.1, 0.15) is 11.1 Å². The predicted octanol–water partition coefficient (Wildman–Crippen LogP) is 2.58. The first kappa shape index (κ1) is 12.3. The van der Waals surface area contributed by atoms with Crippen LogP contribution in [0.3, 0.4) is 0 Å². The zero-order valence-corrected chi connectivity index (χ0v) is 11.2. The van der Waals surface area contributed by atoms with E-state index < -0.39 is 0 Å². The molecule has 0 aliphatic heterocycles. The summed E-state index contributed by atoms with van der Waals surface area (Å²) in [6.45, 7) is 2.73. The number of nitrogens with zero attached hydrogens (tertiary/aromatic N) is 4. The Morgan fingerprint density at radius 2 is 2.05 bits per heavy atom. The zero-order chi connectivity index (χ0) is 13.8. The van der Waals surface area contributed by atoms with Crippen molar-refractivity contribution in [3.05, 3.63) is 66.4 Å². The highest BCUT2D eigenvalue weighted by molar-refractivity contribution is 5.44. The lowest BCUT2D eigenvalue weighted by atomic mass is 10.2. The van der Waals surface area contributed by atoms with Crippen molar-refractivity contribution in [3.63, 3.8) is 0 Å². The average molecular weight is 265 g/mol. The van der Waals surface area contributed by atoms with Crippen LogP contribution in [-0.2, 0) is 6.54 Å². The minimum absolute atomic E-state index is 0.615. The Morgan fingerprint density at radius 3 is 2.80 bits per heavy atom. The number of hydrogen-bond acceptors (Lipinski definition) is 4. The monoisotopic (exact) mass is 265 g/mol. The van der Waals surface area contributed by atoms with Crippen LogP contribution in [0.2, 0.25) is 0 Å². The van der Waals surface area contributed by atoms with Gasteiger partial charge in [-0.3, -0.25) is 4.57 Å². The van der Waals surface area contributed by atoms with Gasteiger partial charge in [-0.05, 0) is 12.5 Å². The number of aryl methyl sites for hydroxylation is 1. The van der Waals surface area contributed by atoms with E-state index in [9.17, 15) is 0 Å². The molecule has 0 saturated heterocycles. The molecule has 20 heavy (non-hydrogen) atoms. The summed E-state index contributed by atoms with van der Waals surface area (Å²) < 4.78 is 1.78. The van der Waals surface area contributed by atoms with Crippen LogP contribution in [0.15, 0.2) is 55.2 Å². The Hall–Kier alpha value is -2.69. The highest BCUT2D eigenvalue weighted by atomic mass is 15.2. The van der Waals surface area contributed by atoms with E-state index >= 15 is 0 Å². The van der Waals surface area contributed by atoms with Gasteiger partial charge in [0.15, 0.2) is 0 Å². The molecule has 1 N–H and O–H groups in total. The molecule has 0 amide bonds. The standard InChI is InChI=1S/C15H15N5/c1-12-9-18-15(20-8-7-16-11-20)19-14(12)17-10-13-5-3-2-4-6-13/h2-9,11H,10H2,1H3,(H,17,18,19). The van der Waals surface area contributed by atoms with Crippen LogP contribution in [-0.4, -0.2) is 19.5 Å². The van der Waals surface area contributed by atoms with Crippen LogP contribution >= 0.6 is 0 Å². The summed E-state index contributed by atoms with van der Waals surface area (Å²) in [5, 5.41) is 3.35. The van der Waals surface area contributed by atoms with E-state index in [4.69, 9.17) is 0 Å². The third-order valence-electron chi connectivity index (χ3n) is 3.00. The van der Waals surface area contributed by atoms with Gasteiger partial charge in [0, 0.05) is 30.7 Å². The molecule has 0 spiro atoms. The summed E-state index contributed by atoms with van der Waals surface area (Å²) in [4.78, 5) is 12.8. The van der Waals surface area contributed by atoms with E-state index in [2.05, 4.69) is 32.4 Å². The zero-order valence-electron chi connectivity index (χ0n) is 11.2. The van der Waals surface area contributed by atoms with Gasteiger partial charge in [0.1, 0.15) is 12.1 Å². The second kappa shape index (κ2) is 5.52. The summed E-state index contributed by atoms with van der Waals surface area (Å²) in [6, 6.07) is 10.2. The molecule has 2 heterocycles. The predicted molar refractivity (Wildman–Crippen MR) is 77.7 cm³/mol. The maximum Gasteiger partial charge on any atom is 0.236 e. The van der Waals surface area contributed by atoms with Crippen LogP contribution in [0.5, 0.6) is 0 Å². The molecule has 0 unspecified atom stereocenters. The van der Waals surface area contributed by atoms with Crippen LogP contribution in [0.4, 0.5) is 5.82 Å². The minimum atomic E-state index is 0.615. The highest BCUT2D eigenvalue weighted by Crippen LogP contribution is 2.13. The third kappa shape index (κ3) is 2.66. The van der Waals surface area contributed by atoms with Crippen LogP contribution in [0, 0.1) is 6.92 Å². The van der Waals surface area contributed by atoms with Crippen LogP contribution in [0.25, 0.3) is 5.95 Å². The molecule has 2 aromatic heterocycles. The number of nitrogens with one attached hydrogen (secondary N) is 1. The molecule has 3 aromatic rings. The average Bonchev–Trinajstić information content (AvgIpc) is 3.02. The Morgan fingerprint density at radius 1 is 1.20 bits per heavy atom. The van der Waals surface area contributed by atoms with Gasteiger partial charge in [0.25, 0.3) is 0 Å². The second-order valence-corrected chi connectivity index (χ2v) is 4.51. The molecule has 0 fully saturated rings. The third-order valence-corrected chi connectivity index (χ3v) is 3.00. The van der Waals surface area contributed by atoms with Crippen molar-refractivity contribution in [1.29, 1.82) is 0 Å². The molecule has 1 aromatic carbocycles. The fraction of sp³-hybridized carbons (Fsp3) is 0.133. The number of benzene rings is 1. The first-order valence-electron chi connectivity index (χ1n) is 6.43. The molecule has 3 rings (SSSR count). The van der Waals surface area contributed by atoms with E-state index in [1.54, 1.807) is 17.1 Å². The maximum absolute atomic E-state index is 4.53. The quantitative estimate of drug-likeness (QED) is 0.787. The number of aromatic nitrogens is 4. The fourth-order valence-electron chi connectivity index (χ4n) is 1.90. The molecule has 0 aliphatic rings. The van der Waals surface area contributed by atoms with Crippen molar-refractivity contribution in [1.82, 2.24) is 19.5 Å². The van der Waals surface area contributed by atoms with Gasteiger partial charge in [0.2, 0.25) is 5.95 Å². The first-order chi connectivity index (χ1) is 9.83. The lowest BCUT2D eigenvalue weighted by Crippen LogP contribution is -2.07. The summed E-state index contributed by atoms with van der Waals surface area (Å²) in [5.41, 5.74) is 2.24. The Kier molecular flexibility index (Phi) is 3.41. The van der Waals surface area contributed by atoms with Crippen molar-refractivity contribution >= 4 is 5.82 Å². The minimum Gasteiger partial charge on any atom is -0.366 e. The van der Waals surface area contributed by atoms with Crippen molar-refractivity contribution in [2.75, 3.05) is 5.32 Å². The maximum atomic E-state index is 4.53. The Balaban J connectivity index is 1.80. The normalized spacial score (nSPS) is 10.4. The summed E-state index contributed by atoms with van der Waals surface area (Å²) >= 11 is 0. The van der Waals surface area contributed by atoms with Gasteiger partial charge in [-0.1, -0.05) is 30.3 Å². The van der Waals surface area contributed by atoms with Gasteiger partial charge in [-0.25, -0.2) is 9.97 Å². The van der Waals surface area contributed by atoms with Gasteiger partial charge in [-0.15, -0.1) is 0 Å². The number of imidazole rings is 1. The fourth-order valence-corrected chi connectivity index (χ4v) is 1.90. The molecule has 0 atom stereocenters. The van der Waals surface area contributed by atoms with Crippen molar-refractivity contribution in [2.24, 2.45) is 0 Å². The van der Waals surface area contributed by atoms with E-state index in [1.165, 1.54) is 5.56 Å². The van der Waals surface area contributed by atoms with Crippen molar-refractivity contribution in [2.45, 2.75) is 13.5 Å². The van der Waals surface area contributed by atoms with E-state index in [1.807, 2.05) is 37.5 Å². The molecule has 0 saturated carbocycles. The SMILES string of the molecule is Cc1cnc(-n2ccnc2)nc1NCc1ccccc1. The van der Waals surface area contributed by atoms with Crippen molar-refractivity contribution < 1.29 is 0 Å². The summed E-state index contributed by atoms with van der Waals surface area (Å²) in [7, 11) is 0. The Bertz CT molecular complexity index is 677. The van der Waals surface area contributed by atoms with E-state index in [0.29, 0.717) is 5.95 Å². The molecule has 5 heteroatoms. The number of hydrogen-bond donors (Lipinski definition) is 1. The molecule has 0 bridgehead atoms. The van der Waals surface area contributed by atoms with E-state index in [0.717, 1.165) is 17.9 Å². The van der Waals surface area contributed by atoms with Gasteiger partial charge < -0.3 is 5.32 Å². The molecule has 0 aliphatic carbocycles. The van der Waals surface area contributed by atoms with Crippen molar-refractivity contribution in [3.8, 4) is 5.95 Å². The largest absolute Gasteiger partial charge is 0.366 e. The molecule has 0 radical (unpaired) electrons. The lowest BCUT2D eigenvalue weighted by Gasteiger charge is -2.10.